The summed E-state index contributed by atoms with van der Waals surface area (Å²) in [4.78, 5) is 19.7. The van der Waals surface area contributed by atoms with E-state index in [0.29, 0.717) is 11.1 Å². The number of nitrogens with one attached hydrogen (secondary N) is 2. The van der Waals surface area contributed by atoms with Crippen molar-refractivity contribution in [2.24, 2.45) is 0 Å². The molecule has 0 saturated carbocycles. The van der Waals surface area contributed by atoms with E-state index in [0.717, 1.165) is 24.3 Å². The van der Waals surface area contributed by atoms with Crippen molar-refractivity contribution in [1.29, 1.82) is 0 Å². The number of hydrogen-bond acceptors (Lipinski definition) is 8. The van der Waals surface area contributed by atoms with Gasteiger partial charge in [0.1, 0.15) is 0 Å². The molecule has 178 valence electrons. The van der Waals surface area contributed by atoms with Gasteiger partial charge in [0.15, 0.2) is 9.79 Å². The van der Waals surface area contributed by atoms with Crippen LogP contribution >= 0.6 is 0 Å². The van der Waals surface area contributed by atoms with Crippen LogP contribution in [0.25, 0.3) is 0 Å². The van der Waals surface area contributed by atoms with Crippen LogP contribution in [0.3, 0.4) is 0 Å². The summed E-state index contributed by atoms with van der Waals surface area (Å²) in [6, 6.07) is 16.1. The molecule has 14 heteroatoms. The molecule has 3 aromatic rings. The Morgan fingerprint density at radius 1 is 0.588 bits per heavy atom. The van der Waals surface area contributed by atoms with E-state index in [1.165, 1.54) is 24.3 Å². The van der Waals surface area contributed by atoms with Crippen LogP contribution in [0, 0.1) is 20.2 Å². The lowest BCUT2D eigenvalue weighted by atomic mass is 10.1. The molecule has 0 radical (unpaired) electrons. The van der Waals surface area contributed by atoms with Crippen LogP contribution in [0.5, 0.6) is 0 Å². The van der Waals surface area contributed by atoms with Gasteiger partial charge in [-0.2, -0.15) is 0 Å². The zero-order valence-corrected chi connectivity index (χ0v) is 19.0. The SMILES string of the molecule is O=[N+]([O-])c1ccccc1S(=O)(=O)NCc1ccc(CNS(=O)(=O)c2ccccc2[N+](=O)[O-])cc1. The Labute approximate surface area is 194 Å². The van der Waals surface area contributed by atoms with Crippen LogP contribution < -0.4 is 9.44 Å². The first-order valence-electron chi connectivity index (χ1n) is 9.55. The van der Waals surface area contributed by atoms with Gasteiger partial charge in [-0.05, 0) is 23.3 Å². The first kappa shape index (κ1) is 24.9. The predicted molar refractivity (Wildman–Crippen MR) is 121 cm³/mol. The van der Waals surface area contributed by atoms with Gasteiger partial charge in [-0.3, -0.25) is 20.2 Å². The second-order valence-electron chi connectivity index (χ2n) is 6.92. The van der Waals surface area contributed by atoms with E-state index in [9.17, 15) is 37.1 Å². The molecule has 0 amide bonds. The summed E-state index contributed by atoms with van der Waals surface area (Å²) < 4.78 is 54.5. The fraction of sp³-hybridized carbons (Fsp3) is 0.100. The van der Waals surface area contributed by atoms with E-state index in [-0.39, 0.29) is 13.1 Å². The zero-order chi connectivity index (χ0) is 24.9. The third-order valence-electron chi connectivity index (χ3n) is 4.66. The number of nitro benzene ring substituents is 2. The van der Waals surface area contributed by atoms with Gasteiger partial charge in [0.25, 0.3) is 11.4 Å². The van der Waals surface area contributed by atoms with Crippen LogP contribution in [0.2, 0.25) is 0 Å². The predicted octanol–water partition coefficient (Wildman–Crippen LogP) is 2.46. The lowest BCUT2D eigenvalue weighted by Crippen LogP contribution is -2.24. The third kappa shape index (κ3) is 5.79. The molecule has 0 aromatic heterocycles. The second-order valence-corrected chi connectivity index (χ2v) is 10.4. The fourth-order valence-corrected chi connectivity index (χ4v) is 5.33. The van der Waals surface area contributed by atoms with Crippen molar-refractivity contribution in [1.82, 2.24) is 9.44 Å². The van der Waals surface area contributed by atoms with Gasteiger partial charge in [-0.25, -0.2) is 26.3 Å². The van der Waals surface area contributed by atoms with E-state index in [2.05, 4.69) is 9.44 Å². The summed E-state index contributed by atoms with van der Waals surface area (Å²) in [5.74, 6) is 0. The van der Waals surface area contributed by atoms with Crippen LogP contribution in [0.4, 0.5) is 11.4 Å². The molecule has 0 aliphatic heterocycles. The van der Waals surface area contributed by atoms with E-state index >= 15 is 0 Å². The molecule has 3 rings (SSSR count). The molecule has 0 atom stereocenters. The molecule has 0 saturated heterocycles. The molecule has 34 heavy (non-hydrogen) atoms. The van der Waals surface area contributed by atoms with Crippen molar-refractivity contribution < 1.29 is 26.7 Å². The molecular weight excluding hydrogens is 488 g/mol. The van der Waals surface area contributed by atoms with E-state index < -0.39 is 51.1 Å². The van der Waals surface area contributed by atoms with Crippen molar-refractivity contribution in [3.05, 3.63) is 104 Å². The maximum atomic E-state index is 12.5. The van der Waals surface area contributed by atoms with Crippen LogP contribution in [-0.4, -0.2) is 26.7 Å². The number of hydrogen-bond donors (Lipinski definition) is 2. The summed E-state index contributed by atoms with van der Waals surface area (Å²) >= 11 is 0. The minimum atomic E-state index is -4.15. The smallest absolute Gasteiger partial charge is 0.258 e. The summed E-state index contributed by atoms with van der Waals surface area (Å²) in [6.45, 7) is -0.312. The van der Waals surface area contributed by atoms with Crippen molar-refractivity contribution >= 4 is 31.4 Å². The van der Waals surface area contributed by atoms with Gasteiger partial charge < -0.3 is 0 Å². The number of sulfonamides is 2. The van der Waals surface area contributed by atoms with Gasteiger partial charge in [-0.15, -0.1) is 0 Å². The molecule has 2 N–H and O–H groups in total. The van der Waals surface area contributed by atoms with Gasteiger partial charge in [0, 0.05) is 25.2 Å². The van der Waals surface area contributed by atoms with Crippen molar-refractivity contribution in [2.45, 2.75) is 22.9 Å². The number of rotatable bonds is 10. The number of nitro groups is 2. The monoisotopic (exact) mass is 506 g/mol. The van der Waals surface area contributed by atoms with E-state index in [1.807, 2.05) is 0 Å². The Bertz CT molecular complexity index is 1330. The maximum Gasteiger partial charge on any atom is 0.289 e. The van der Waals surface area contributed by atoms with E-state index in [1.54, 1.807) is 24.3 Å². The average molecular weight is 507 g/mol. The van der Waals surface area contributed by atoms with E-state index in [4.69, 9.17) is 0 Å². The van der Waals surface area contributed by atoms with Crippen LogP contribution in [0.1, 0.15) is 11.1 Å². The molecule has 0 aliphatic carbocycles. The Morgan fingerprint density at radius 2 is 0.912 bits per heavy atom. The molecule has 3 aromatic carbocycles. The molecule has 0 bridgehead atoms. The molecular formula is C20H18N4O8S2. The summed E-state index contributed by atoms with van der Waals surface area (Å²) in [5.41, 5.74) is -0.0486. The highest BCUT2D eigenvalue weighted by atomic mass is 32.2. The highest BCUT2D eigenvalue weighted by Crippen LogP contribution is 2.24. The fourth-order valence-electron chi connectivity index (χ4n) is 2.96. The Balaban J connectivity index is 1.66. The van der Waals surface area contributed by atoms with Crippen molar-refractivity contribution in [3.63, 3.8) is 0 Å². The summed E-state index contributed by atoms with van der Waals surface area (Å²) in [5, 5.41) is 22.2. The topological polar surface area (TPSA) is 179 Å². The molecule has 0 heterocycles. The average Bonchev–Trinajstić information content (AvgIpc) is 2.82. The highest BCUT2D eigenvalue weighted by Gasteiger charge is 2.26. The Morgan fingerprint density at radius 3 is 1.24 bits per heavy atom. The van der Waals surface area contributed by atoms with Gasteiger partial charge in [0.2, 0.25) is 20.0 Å². The van der Waals surface area contributed by atoms with Crippen LogP contribution in [-0.2, 0) is 33.1 Å². The molecule has 0 fully saturated rings. The molecule has 0 unspecified atom stereocenters. The van der Waals surface area contributed by atoms with Crippen LogP contribution in [0.15, 0.2) is 82.6 Å². The number of para-hydroxylation sites is 2. The standard InChI is InChI=1S/C20H18N4O8S2/c25-23(26)17-5-1-3-7-19(17)33(29,30)21-13-15-9-11-16(12-10-15)14-22-34(31,32)20-8-4-2-6-18(20)24(27)28/h1-12,21-22H,13-14H2. The highest BCUT2D eigenvalue weighted by molar-refractivity contribution is 7.90. The first-order chi connectivity index (χ1) is 16.0. The van der Waals surface area contributed by atoms with Gasteiger partial charge in [-0.1, -0.05) is 48.5 Å². The van der Waals surface area contributed by atoms with Gasteiger partial charge in [0.05, 0.1) is 9.85 Å². The normalized spacial score (nSPS) is 11.8. The second kappa shape index (κ2) is 10.0. The third-order valence-corrected chi connectivity index (χ3v) is 7.56. The number of nitrogens with zero attached hydrogens (tertiary/aromatic N) is 2. The quantitative estimate of drug-likeness (QED) is 0.311. The first-order valence-corrected chi connectivity index (χ1v) is 12.5. The zero-order valence-electron chi connectivity index (χ0n) is 17.3. The molecule has 0 spiro atoms. The lowest BCUT2D eigenvalue weighted by molar-refractivity contribution is -0.388. The van der Waals surface area contributed by atoms with Crippen molar-refractivity contribution in [3.8, 4) is 0 Å². The molecule has 12 nitrogen and oxygen atoms in total. The lowest BCUT2D eigenvalue weighted by Gasteiger charge is -2.09. The Hall–Kier alpha value is -3.72. The Kier molecular flexibility index (Phi) is 7.36. The molecule has 0 aliphatic rings. The maximum absolute atomic E-state index is 12.5. The largest absolute Gasteiger partial charge is 0.289 e. The summed E-state index contributed by atoms with van der Waals surface area (Å²) in [7, 11) is -8.31. The van der Waals surface area contributed by atoms with Crippen molar-refractivity contribution in [2.75, 3.05) is 0 Å². The minimum absolute atomic E-state index is 0.156. The summed E-state index contributed by atoms with van der Waals surface area (Å²) in [6.07, 6.45) is 0. The number of benzene rings is 3. The van der Waals surface area contributed by atoms with Gasteiger partial charge >= 0.3 is 0 Å². The minimum Gasteiger partial charge on any atom is -0.258 e.